The number of nitrogens with one attached hydrogen (secondary N) is 1. The second-order valence-corrected chi connectivity index (χ2v) is 6.76. The fourth-order valence-corrected chi connectivity index (χ4v) is 3.37. The summed E-state index contributed by atoms with van der Waals surface area (Å²) in [6.45, 7) is 6.34. The van der Waals surface area contributed by atoms with Gasteiger partial charge in [-0.2, -0.15) is 0 Å². The van der Waals surface area contributed by atoms with E-state index in [-0.39, 0.29) is 18.6 Å². The van der Waals surface area contributed by atoms with Crippen LogP contribution in [-0.4, -0.2) is 48.3 Å². The third-order valence-corrected chi connectivity index (χ3v) is 4.92. The predicted molar refractivity (Wildman–Crippen MR) is 109 cm³/mol. The summed E-state index contributed by atoms with van der Waals surface area (Å²) in [6, 6.07) is 13.6. The van der Waals surface area contributed by atoms with Crippen LogP contribution in [0.15, 0.2) is 42.5 Å². The first kappa shape index (κ1) is 20.2. The van der Waals surface area contributed by atoms with Crippen LogP contribution >= 0.6 is 0 Å². The van der Waals surface area contributed by atoms with Crippen LogP contribution in [0.3, 0.4) is 0 Å². The molecule has 2 aromatic carbocycles. The first-order chi connectivity index (χ1) is 13.7. The number of nitrogens with zero attached hydrogens (tertiary/aromatic N) is 1. The van der Waals surface area contributed by atoms with Crippen molar-refractivity contribution in [2.24, 2.45) is 0 Å². The van der Waals surface area contributed by atoms with E-state index in [1.54, 1.807) is 11.0 Å². The van der Waals surface area contributed by atoms with Crippen LogP contribution in [-0.2, 0) is 18.0 Å². The molecule has 0 radical (unpaired) electrons. The Morgan fingerprint density at radius 3 is 2.64 bits per heavy atom. The van der Waals surface area contributed by atoms with Crippen molar-refractivity contribution in [2.45, 2.75) is 33.1 Å². The monoisotopic (exact) mass is 384 g/mol. The molecule has 0 saturated heterocycles. The zero-order valence-corrected chi connectivity index (χ0v) is 16.5. The van der Waals surface area contributed by atoms with Crippen LogP contribution in [0.5, 0.6) is 5.75 Å². The van der Waals surface area contributed by atoms with Crippen LogP contribution in [0.1, 0.15) is 35.3 Å². The molecule has 1 aliphatic heterocycles. The lowest BCUT2D eigenvalue weighted by Crippen LogP contribution is -2.36. The molecule has 1 amide bonds. The molecule has 1 heterocycles. The fraction of sp³-hybridized carbons (Fsp3) is 0.409. The van der Waals surface area contributed by atoms with E-state index in [4.69, 9.17) is 9.47 Å². The second kappa shape index (κ2) is 9.57. The maximum atomic E-state index is 12.7. The molecule has 3 rings (SSSR count). The summed E-state index contributed by atoms with van der Waals surface area (Å²) >= 11 is 0. The summed E-state index contributed by atoms with van der Waals surface area (Å²) in [5.41, 5.74) is 2.93. The van der Waals surface area contributed by atoms with Crippen molar-refractivity contribution in [1.82, 2.24) is 4.90 Å². The van der Waals surface area contributed by atoms with Gasteiger partial charge in [-0.3, -0.25) is 4.79 Å². The van der Waals surface area contributed by atoms with Crippen molar-refractivity contribution in [1.29, 1.82) is 0 Å². The van der Waals surface area contributed by atoms with Crippen molar-refractivity contribution >= 4 is 11.6 Å². The topological polar surface area (TPSA) is 71.0 Å². The number of fused-ring (bicyclic) bond motifs is 1. The minimum atomic E-state index is -0.248. The largest absolute Gasteiger partial charge is 0.489 e. The molecule has 0 saturated carbocycles. The summed E-state index contributed by atoms with van der Waals surface area (Å²) in [6.07, 6.45) is 0. The Bertz CT molecular complexity index is 791. The van der Waals surface area contributed by atoms with E-state index in [2.05, 4.69) is 5.32 Å². The predicted octanol–water partition coefficient (Wildman–Crippen LogP) is 3.05. The van der Waals surface area contributed by atoms with Crippen LogP contribution in [0, 0.1) is 0 Å². The number of anilines is 1. The van der Waals surface area contributed by atoms with E-state index in [1.807, 2.05) is 50.2 Å². The highest BCUT2D eigenvalue weighted by molar-refractivity contribution is 5.97. The molecule has 6 nitrogen and oxygen atoms in total. The molecule has 0 bridgehead atoms. The molecule has 0 spiro atoms. The van der Waals surface area contributed by atoms with Gasteiger partial charge in [-0.1, -0.05) is 30.3 Å². The Hall–Kier alpha value is -2.57. The van der Waals surface area contributed by atoms with Crippen molar-refractivity contribution in [3.8, 4) is 5.75 Å². The average Bonchev–Trinajstić information content (AvgIpc) is 2.74. The molecule has 0 aromatic heterocycles. The lowest BCUT2D eigenvalue weighted by molar-refractivity contribution is 0.0767. The highest BCUT2D eigenvalue weighted by Gasteiger charge is 2.26. The van der Waals surface area contributed by atoms with Crippen molar-refractivity contribution in [3.05, 3.63) is 59.2 Å². The number of rotatable bonds is 8. The number of ether oxygens (including phenoxy) is 2. The summed E-state index contributed by atoms with van der Waals surface area (Å²) in [5, 5.41) is 13.3. The van der Waals surface area contributed by atoms with Gasteiger partial charge in [-0.15, -0.1) is 0 Å². The van der Waals surface area contributed by atoms with Gasteiger partial charge in [0.1, 0.15) is 12.4 Å². The number of aliphatic hydroxyl groups excluding tert-OH is 1. The average molecular weight is 384 g/mol. The van der Waals surface area contributed by atoms with E-state index >= 15 is 0 Å². The number of amides is 1. The highest BCUT2D eigenvalue weighted by atomic mass is 16.5. The SMILES string of the molecule is CCN(CC)C(=O)c1ccc2c(c1CO)OC[C@H](COCc1ccccc1)N2. The number of hydrogen-bond donors (Lipinski definition) is 2. The van der Waals surface area contributed by atoms with Crippen LogP contribution < -0.4 is 10.1 Å². The maximum Gasteiger partial charge on any atom is 0.254 e. The molecule has 1 aliphatic rings. The minimum Gasteiger partial charge on any atom is -0.489 e. The Morgan fingerprint density at radius 2 is 1.96 bits per heavy atom. The summed E-state index contributed by atoms with van der Waals surface area (Å²) in [5.74, 6) is 0.466. The first-order valence-corrected chi connectivity index (χ1v) is 9.74. The van der Waals surface area contributed by atoms with Crippen LogP contribution in [0.4, 0.5) is 5.69 Å². The van der Waals surface area contributed by atoms with E-state index in [9.17, 15) is 9.90 Å². The molecule has 0 fully saturated rings. The molecule has 2 aromatic rings. The van der Waals surface area contributed by atoms with Crippen molar-refractivity contribution < 1.29 is 19.4 Å². The van der Waals surface area contributed by atoms with Gasteiger partial charge in [0, 0.05) is 24.2 Å². The molecule has 0 unspecified atom stereocenters. The van der Waals surface area contributed by atoms with Crippen LogP contribution in [0.25, 0.3) is 0 Å². The molecule has 6 heteroatoms. The van der Waals surface area contributed by atoms with Gasteiger partial charge in [0.05, 0.1) is 31.5 Å². The number of aliphatic hydroxyl groups is 1. The smallest absolute Gasteiger partial charge is 0.254 e. The number of carbonyl (C=O) groups excluding carboxylic acids is 1. The molecule has 2 N–H and O–H groups in total. The van der Waals surface area contributed by atoms with Crippen molar-refractivity contribution in [2.75, 3.05) is 31.6 Å². The summed E-state index contributed by atoms with van der Waals surface area (Å²) in [4.78, 5) is 14.5. The molecule has 0 aliphatic carbocycles. The first-order valence-electron chi connectivity index (χ1n) is 9.74. The van der Waals surface area contributed by atoms with Crippen molar-refractivity contribution in [3.63, 3.8) is 0 Å². The third kappa shape index (κ3) is 4.46. The zero-order chi connectivity index (χ0) is 19.9. The van der Waals surface area contributed by atoms with E-state index < -0.39 is 0 Å². The standard InChI is InChI=1S/C22H28N2O4/c1-3-24(4-2)22(26)18-10-11-20-21(19(18)12-25)28-15-17(23-20)14-27-13-16-8-6-5-7-9-16/h5-11,17,23,25H,3-4,12-15H2,1-2H3/t17-/m0/s1. The number of hydrogen-bond acceptors (Lipinski definition) is 5. The summed E-state index contributed by atoms with van der Waals surface area (Å²) < 4.78 is 11.7. The molecular weight excluding hydrogens is 356 g/mol. The van der Waals surface area contributed by atoms with Gasteiger partial charge >= 0.3 is 0 Å². The minimum absolute atomic E-state index is 0.00656. The quantitative estimate of drug-likeness (QED) is 0.732. The van der Waals surface area contributed by atoms with E-state index in [0.717, 1.165) is 11.3 Å². The Labute approximate surface area is 166 Å². The summed E-state index contributed by atoms with van der Waals surface area (Å²) in [7, 11) is 0. The highest BCUT2D eigenvalue weighted by Crippen LogP contribution is 2.35. The second-order valence-electron chi connectivity index (χ2n) is 6.76. The molecular formula is C22H28N2O4. The van der Waals surface area contributed by atoms with Gasteiger partial charge in [0.15, 0.2) is 0 Å². The molecule has 1 atom stereocenters. The van der Waals surface area contributed by atoms with E-state index in [0.29, 0.717) is 49.8 Å². The van der Waals surface area contributed by atoms with Gasteiger partial charge in [0.2, 0.25) is 0 Å². The van der Waals surface area contributed by atoms with Gasteiger partial charge in [-0.25, -0.2) is 0 Å². The third-order valence-electron chi connectivity index (χ3n) is 4.92. The fourth-order valence-electron chi connectivity index (χ4n) is 3.37. The van der Waals surface area contributed by atoms with Gasteiger partial charge in [0.25, 0.3) is 5.91 Å². The molecule has 150 valence electrons. The molecule has 28 heavy (non-hydrogen) atoms. The van der Waals surface area contributed by atoms with E-state index in [1.165, 1.54) is 0 Å². The maximum absolute atomic E-state index is 12.7. The lowest BCUT2D eigenvalue weighted by atomic mass is 10.0. The zero-order valence-electron chi connectivity index (χ0n) is 16.5. The number of benzene rings is 2. The van der Waals surface area contributed by atoms with Crippen LogP contribution in [0.2, 0.25) is 0 Å². The van der Waals surface area contributed by atoms with Gasteiger partial charge < -0.3 is 24.8 Å². The Morgan fingerprint density at radius 1 is 1.21 bits per heavy atom. The lowest BCUT2D eigenvalue weighted by Gasteiger charge is -2.30. The Kier molecular flexibility index (Phi) is 6.90. The van der Waals surface area contributed by atoms with Gasteiger partial charge in [-0.05, 0) is 31.5 Å². The Balaban J connectivity index is 1.67. The number of carbonyl (C=O) groups is 1. The normalized spacial score (nSPS) is 15.3.